The van der Waals surface area contributed by atoms with E-state index in [4.69, 9.17) is 14.9 Å². The van der Waals surface area contributed by atoms with Crippen LogP contribution >= 0.6 is 0 Å². The van der Waals surface area contributed by atoms with Gasteiger partial charge in [0.15, 0.2) is 5.76 Å². The topological polar surface area (TPSA) is 94.5 Å². The number of carbonyl (C=O) groups excluding carboxylic acids is 1. The number of nitrogen functional groups attached to an aromatic ring is 1. The summed E-state index contributed by atoms with van der Waals surface area (Å²) in [5.74, 6) is 0.557. The van der Waals surface area contributed by atoms with Crippen LogP contribution in [0.5, 0.6) is 0 Å². The second kappa shape index (κ2) is 6.76. The number of ether oxygens (including phenoxy) is 1. The van der Waals surface area contributed by atoms with E-state index in [0.29, 0.717) is 30.3 Å². The lowest BCUT2D eigenvalue weighted by atomic mass is 10.1. The van der Waals surface area contributed by atoms with Gasteiger partial charge in [0.05, 0.1) is 18.3 Å². The summed E-state index contributed by atoms with van der Waals surface area (Å²) in [7, 11) is 1.61. The molecular formula is C19H20N4O3. The molecule has 1 aromatic carbocycles. The van der Waals surface area contributed by atoms with Crippen molar-refractivity contribution in [1.82, 2.24) is 15.1 Å². The quantitative estimate of drug-likeness (QED) is 0.776. The van der Waals surface area contributed by atoms with E-state index in [1.54, 1.807) is 18.1 Å². The van der Waals surface area contributed by atoms with Crippen LogP contribution in [-0.2, 0) is 11.3 Å². The lowest BCUT2D eigenvalue weighted by Gasteiger charge is -2.23. The molecule has 1 saturated heterocycles. The van der Waals surface area contributed by atoms with Crippen molar-refractivity contribution >= 4 is 22.7 Å². The van der Waals surface area contributed by atoms with Crippen LogP contribution in [0.15, 0.2) is 40.8 Å². The van der Waals surface area contributed by atoms with Gasteiger partial charge in [0.2, 0.25) is 0 Å². The van der Waals surface area contributed by atoms with Gasteiger partial charge in [-0.2, -0.15) is 5.10 Å². The maximum atomic E-state index is 13.3. The lowest BCUT2D eigenvalue weighted by Crippen LogP contribution is -2.31. The number of likely N-dealkylation sites (tertiary alicyclic amines) is 1. The number of para-hydroxylation sites is 1. The molecule has 1 aliphatic rings. The zero-order valence-electron chi connectivity index (χ0n) is 14.5. The van der Waals surface area contributed by atoms with Crippen molar-refractivity contribution in [3.63, 3.8) is 0 Å². The third-order valence-electron chi connectivity index (χ3n) is 4.74. The molecule has 7 heteroatoms. The van der Waals surface area contributed by atoms with Crippen molar-refractivity contribution in [1.29, 1.82) is 0 Å². The molecule has 3 aromatic rings. The molecule has 26 heavy (non-hydrogen) atoms. The van der Waals surface area contributed by atoms with Gasteiger partial charge in [0, 0.05) is 24.6 Å². The largest absolute Gasteiger partial charge is 0.451 e. The van der Waals surface area contributed by atoms with Crippen LogP contribution in [0.4, 0.5) is 5.82 Å². The predicted molar refractivity (Wildman–Crippen MR) is 96.4 cm³/mol. The Kier molecular flexibility index (Phi) is 4.30. The van der Waals surface area contributed by atoms with Gasteiger partial charge in [0.25, 0.3) is 5.91 Å². The summed E-state index contributed by atoms with van der Waals surface area (Å²) in [5, 5.41) is 8.99. The molecule has 0 spiro atoms. The van der Waals surface area contributed by atoms with Crippen molar-refractivity contribution in [2.45, 2.75) is 25.5 Å². The number of anilines is 1. The van der Waals surface area contributed by atoms with E-state index in [2.05, 4.69) is 10.2 Å². The Morgan fingerprint density at radius 1 is 1.31 bits per heavy atom. The Hall–Kier alpha value is -2.93. The molecule has 3 heterocycles. The third-order valence-corrected chi connectivity index (χ3v) is 4.74. The van der Waals surface area contributed by atoms with E-state index in [9.17, 15) is 4.79 Å². The number of nitrogens with zero attached hydrogens (tertiary/aromatic N) is 3. The first-order valence-corrected chi connectivity index (χ1v) is 8.58. The lowest BCUT2D eigenvalue weighted by molar-refractivity contribution is 0.0696. The molecule has 0 saturated carbocycles. The molecule has 4 rings (SSSR count). The van der Waals surface area contributed by atoms with Gasteiger partial charge in [-0.1, -0.05) is 18.2 Å². The molecular weight excluding hydrogens is 332 g/mol. The van der Waals surface area contributed by atoms with Gasteiger partial charge in [-0.25, -0.2) is 0 Å². The highest BCUT2D eigenvalue weighted by Crippen LogP contribution is 2.35. The predicted octanol–water partition coefficient (Wildman–Crippen LogP) is 2.93. The second-order valence-electron chi connectivity index (χ2n) is 6.38. The van der Waals surface area contributed by atoms with E-state index in [-0.39, 0.29) is 11.9 Å². The van der Waals surface area contributed by atoms with E-state index in [0.717, 1.165) is 29.5 Å². The number of fused-ring (bicyclic) bond motifs is 1. The molecule has 1 aliphatic heterocycles. The number of methoxy groups -OCH3 is 1. The second-order valence-corrected chi connectivity index (χ2v) is 6.38. The molecule has 0 aliphatic carbocycles. The van der Waals surface area contributed by atoms with Gasteiger partial charge < -0.3 is 19.8 Å². The van der Waals surface area contributed by atoms with Crippen LogP contribution in [0, 0.1) is 0 Å². The zero-order valence-corrected chi connectivity index (χ0v) is 14.5. The van der Waals surface area contributed by atoms with E-state index in [1.807, 2.05) is 30.3 Å². The van der Waals surface area contributed by atoms with Crippen molar-refractivity contribution in [3.05, 3.63) is 53.4 Å². The number of carbonyl (C=O) groups is 1. The Labute approximate surface area is 150 Å². The van der Waals surface area contributed by atoms with Crippen LogP contribution in [0.25, 0.3) is 11.0 Å². The number of benzene rings is 1. The van der Waals surface area contributed by atoms with Gasteiger partial charge >= 0.3 is 0 Å². The smallest absolute Gasteiger partial charge is 0.290 e. The first kappa shape index (κ1) is 16.5. The normalized spacial score (nSPS) is 17.1. The minimum absolute atomic E-state index is 0.126. The SMILES string of the molecule is COCc1c(C(=O)N2CCCC2c2ccc(N)nn2)oc2ccccc12. The standard InChI is InChI=1S/C19H20N4O3/c1-25-11-13-12-5-2-3-7-16(12)26-18(13)19(24)23-10-4-6-15(23)14-8-9-17(20)22-21-14/h2-3,5,7-9,15H,4,6,10-11H2,1H3,(H2,20,22). The monoisotopic (exact) mass is 352 g/mol. The average Bonchev–Trinajstić information content (AvgIpc) is 3.28. The van der Waals surface area contributed by atoms with Crippen LogP contribution in [0.1, 0.15) is 40.7 Å². The van der Waals surface area contributed by atoms with E-state index < -0.39 is 0 Å². The molecule has 1 amide bonds. The van der Waals surface area contributed by atoms with Crippen molar-refractivity contribution in [3.8, 4) is 0 Å². The van der Waals surface area contributed by atoms with E-state index in [1.165, 1.54) is 0 Å². The molecule has 0 bridgehead atoms. The van der Waals surface area contributed by atoms with Crippen molar-refractivity contribution in [2.75, 3.05) is 19.4 Å². The Bertz CT molecular complexity index is 936. The van der Waals surface area contributed by atoms with Crippen LogP contribution < -0.4 is 5.73 Å². The van der Waals surface area contributed by atoms with Gasteiger partial charge in [-0.15, -0.1) is 5.10 Å². The number of amides is 1. The summed E-state index contributed by atoms with van der Waals surface area (Å²) in [6.07, 6.45) is 1.74. The Morgan fingerprint density at radius 3 is 2.92 bits per heavy atom. The van der Waals surface area contributed by atoms with Gasteiger partial charge in [-0.05, 0) is 31.0 Å². The molecule has 1 fully saturated rings. The first-order valence-electron chi connectivity index (χ1n) is 8.58. The maximum Gasteiger partial charge on any atom is 0.290 e. The highest BCUT2D eigenvalue weighted by Gasteiger charge is 2.35. The van der Waals surface area contributed by atoms with Crippen molar-refractivity contribution in [2.24, 2.45) is 0 Å². The number of furan rings is 1. The zero-order chi connectivity index (χ0) is 18.1. The molecule has 134 valence electrons. The van der Waals surface area contributed by atoms with Crippen LogP contribution in [0.2, 0.25) is 0 Å². The molecule has 2 aromatic heterocycles. The summed E-state index contributed by atoms with van der Waals surface area (Å²) < 4.78 is 11.2. The fourth-order valence-corrected chi connectivity index (χ4v) is 3.54. The summed E-state index contributed by atoms with van der Waals surface area (Å²) in [6.45, 7) is 0.970. The van der Waals surface area contributed by atoms with Gasteiger partial charge in [0.1, 0.15) is 11.4 Å². The number of hydrogen-bond acceptors (Lipinski definition) is 6. The maximum absolute atomic E-state index is 13.3. The molecule has 7 nitrogen and oxygen atoms in total. The molecule has 1 atom stereocenters. The highest BCUT2D eigenvalue weighted by molar-refractivity contribution is 5.99. The van der Waals surface area contributed by atoms with Crippen LogP contribution in [0.3, 0.4) is 0 Å². The summed E-state index contributed by atoms with van der Waals surface area (Å²) >= 11 is 0. The van der Waals surface area contributed by atoms with Crippen molar-refractivity contribution < 1.29 is 13.9 Å². The minimum Gasteiger partial charge on any atom is -0.451 e. The Morgan fingerprint density at radius 2 is 2.15 bits per heavy atom. The number of rotatable bonds is 4. The summed E-state index contributed by atoms with van der Waals surface area (Å²) in [6, 6.07) is 11.0. The number of aromatic nitrogens is 2. The fraction of sp³-hybridized carbons (Fsp3) is 0.316. The first-order chi connectivity index (χ1) is 12.7. The van der Waals surface area contributed by atoms with Gasteiger partial charge in [-0.3, -0.25) is 4.79 Å². The minimum atomic E-state index is -0.144. The summed E-state index contributed by atoms with van der Waals surface area (Å²) in [5.41, 5.74) is 7.83. The Balaban J connectivity index is 1.71. The average molecular weight is 352 g/mol. The molecule has 1 unspecified atom stereocenters. The highest BCUT2D eigenvalue weighted by atomic mass is 16.5. The van der Waals surface area contributed by atoms with Crippen LogP contribution in [-0.4, -0.2) is 34.7 Å². The number of nitrogens with two attached hydrogens (primary N) is 1. The molecule has 0 radical (unpaired) electrons. The third kappa shape index (κ3) is 2.80. The number of hydrogen-bond donors (Lipinski definition) is 1. The van der Waals surface area contributed by atoms with E-state index >= 15 is 0 Å². The fourth-order valence-electron chi connectivity index (χ4n) is 3.54. The molecule has 2 N–H and O–H groups in total. The summed E-state index contributed by atoms with van der Waals surface area (Å²) in [4.78, 5) is 15.1.